The molecule has 0 heterocycles. The molecule has 2 rings (SSSR count). The molecule has 1 aromatic carbocycles. The maximum Gasteiger partial charge on any atom is 0.244 e. The van der Waals surface area contributed by atoms with E-state index in [1.165, 1.54) is 6.08 Å². The Bertz CT molecular complexity index is 536. The molecule has 114 valence electrons. The van der Waals surface area contributed by atoms with Crippen molar-refractivity contribution in [2.24, 2.45) is 0 Å². The molecule has 1 fully saturated rings. The fourth-order valence-corrected chi connectivity index (χ4v) is 2.90. The summed E-state index contributed by atoms with van der Waals surface area (Å²) < 4.78 is 6.17. The lowest BCUT2D eigenvalue weighted by atomic mass is 10.0. The monoisotopic (exact) mass is 353 g/mol. The highest BCUT2D eigenvalue weighted by Crippen LogP contribution is 2.28. The van der Waals surface area contributed by atoms with Crippen LogP contribution in [0.4, 0.5) is 0 Å². The Morgan fingerprint density at radius 1 is 1.48 bits per heavy atom. The van der Waals surface area contributed by atoms with Gasteiger partial charge in [0.05, 0.1) is 12.7 Å². The van der Waals surface area contributed by atoms with E-state index in [-0.39, 0.29) is 5.91 Å². The summed E-state index contributed by atoms with van der Waals surface area (Å²) >= 11 is 3.39. The van der Waals surface area contributed by atoms with Gasteiger partial charge in [0, 0.05) is 22.7 Å². The van der Waals surface area contributed by atoms with Crippen molar-refractivity contribution < 1.29 is 14.6 Å². The van der Waals surface area contributed by atoms with Gasteiger partial charge in [-0.3, -0.25) is 4.79 Å². The third-order valence-electron chi connectivity index (χ3n) is 3.73. The number of rotatable bonds is 5. The minimum Gasteiger partial charge on any atom is -0.496 e. The summed E-state index contributed by atoms with van der Waals surface area (Å²) in [5.74, 6) is 0.494. The summed E-state index contributed by atoms with van der Waals surface area (Å²) in [6.07, 6.45) is 6.74. The molecule has 0 aliphatic heterocycles. The smallest absolute Gasteiger partial charge is 0.244 e. The molecule has 0 aromatic heterocycles. The third kappa shape index (κ3) is 4.58. The Morgan fingerprint density at radius 2 is 2.19 bits per heavy atom. The molecule has 1 aliphatic rings. The Balaban J connectivity index is 1.94. The van der Waals surface area contributed by atoms with Crippen LogP contribution in [0.2, 0.25) is 0 Å². The van der Waals surface area contributed by atoms with Crippen LogP contribution < -0.4 is 10.1 Å². The molecule has 5 heteroatoms. The van der Waals surface area contributed by atoms with Gasteiger partial charge in [-0.25, -0.2) is 0 Å². The lowest BCUT2D eigenvalue weighted by Gasteiger charge is -2.21. The fourth-order valence-electron chi connectivity index (χ4n) is 2.52. The Labute approximate surface area is 133 Å². The van der Waals surface area contributed by atoms with Crippen LogP contribution in [-0.4, -0.2) is 30.3 Å². The average Bonchev–Trinajstić information content (AvgIpc) is 2.90. The van der Waals surface area contributed by atoms with Crippen molar-refractivity contribution in [1.82, 2.24) is 5.32 Å². The Hall–Kier alpha value is -1.33. The molecule has 4 nitrogen and oxygen atoms in total. The summed E-state index contributed by atoms with van der Waals surface area (Å²) in [6.45, 7) is 0.311. The van der Waals surface area contributed by atoms with Crippen molar-refractivity contribution >= 4 is 27.9 Å². The van der Waals surface area contributed by atoms with Gasteiger partial charge >= 0.3 is 0 Å². The van der Waals surface area contributed by atoms with Crippen molar-refractivity contribution in [3.8, 4) is 5.75 Å². The number of methoxy groups -OCH3 is 1. The van der Waals surface area contributed by atoms with Gasteiger partial charge in [-0.2, -0.15) is 0 Å². The molecule has 2 N–H and O–H groups in total. The number of ether oxygens (including phenoxy) is 1. The van der Waals surface area contributed by atoms with Crippen LogP contribution >= 0.6 is 15.9 Å². The van der Waals surface area contributed by atoms with E-state index >= 15 is 0 Å². The van der Waals surface area contributed by atoms with Crippen LogP contribution in [-0.2, 0) is 4.79 Å². The molecule has 1 saturated carbocycles. The van der Waals surface area contributed by atoms with Crippen LogP contribution in [0.15, 0.2) is 28.7 Å². The number of aliphatic hydroxyl groups is 1. The summed E-state index contributed by atoms with van der Waals surface area (Å²) in [5, 5.41) is 12.9. The van der Waals surface area contributed by atoms with Gasteiger partial charge < -0.3 is 15.2 Å². The van der Waals surface area contributed by atoms with Crippen molar-refractivity contribution in [3.05, 3.63) is 34.3 Å². The van der Waals surface area contributed by atoms with Gasteiger partial charge in [-0.05, 0) is 37.1 Å². The second kappa shape index (κ2) is 7.09. The van der Waals surface area contributed by atoms with E-state index in [9.17, 15) is 9.90 Å². The zero-order valence-corrected chi connectivity index (χ0v) is 13.6. The topological polar surface area (TPSA) is 58.6 Å². The number of benzene rings is 1. The zero-order chi connectivity index (χ0) is 15.3. The van der Waals surface area contributed by atoms with Gasteiger partial charge in [0.25, 0.3) is 0 Å². The van der Waals surface area contributed by atoms with Crippen molar-refractivity contribution in [2.45, 2.75) is 31.3 Å². The third-order valence-corrected chi connectivity index (χ3v) is 4.23. The first-order chi connectivity index (χ1) is 10.0. The number of hydrogen-bond acceptors (Lipinski definition) is 3. The number of carbonyl (C=O) groups is 1. The van der Waals surface area contributed by atoms with Crippen LogP contribution in [0.5, 0.6) is 5.75 Å². The molecule has 0 atom stereocenters. The van der Waals surface area contributed by atoms with E-state index in [0.717, 1.165) is 35.7 Å². The summed E-state index contributed by atoms with van der Waals surface area (Å²) in [4.78, 5) is 11.8. The Kier molecular flexibility index (Phi) is 5.42. The SMILES string of the molecule is COc1ccc(Br)cc1C=CC(=O)NCC1(O)CCCC1. The first-order valence-electron chi connectivity index (χ1n) is 7.04. The van der Waals surface area contributed by atoms with Crippen LogP contribution in [0, 0.1) is 0 Å². The van der Waals surface area contributed by atoms with Gasteiger partial charge in [0.1, 0.15) is 5.75 Å². The second-order valence-corrected chi connectivity index (χ2v) is 6.28. The summed E-state index contributed by atoms with van der Waals surface area (Å²) in [7, 11) is 1.59. The van der Waals surface area contributed by atoms with E-state index in [0.29, 0.717) is 12.3 Å². The average molecular weight is 354 g/mol. The predicted octanol–water partition coefficient (Wildman–Crippen LogP) is 2.89. The highest BCUT2D eigenvalue weighted by Gasteiger charge is 2.30. The van der Waals surface area contributed by atoms with Gasteiger partial charge in [-0.1, -0.05) is 28.8 Å². The predicted molar refractivity (Wildman–Crippen MR) is 86.2 cm³/mol. The maximum atomic E-state index is 11.8. The number of halogens is 1. The first kappa shape index (κ1) is 16.0. The molecule has 1 amide bonds. The van der Waals surface area contributed by atoms with Crippen molar-refractivity contribution in [3.63, 3.8) is 0 Å². The fraction of sp³-hybridized carbons (Fsp3) is 0.438. The number of nitrogens with one attached hydrogen (secondary N) is 1. The normalized spacial score (nSPS) is 17.1. The molecule has 1 aliphatic carbocycles. The molecular formula is C16H20BrNO3. The standard InChI is InChI=1S/C16H20BrNO3/c1-21-14-6-5-13(17)10-12(14)4-7-15(19)18-11-16(20)8-2-3-9-16/h4-7,10,20H,2-3,8-9,11H2,1H3,(H,18,19). The van der Waals surface area contributed by atoms with Crippen LogP contribution in [0.3, 0.4) is 0 Å². The van der Waals surface area contributed by atoms with E-state index in [1.807, 2.05) is 18.2 Å². The molecular weight excluding hydrogens is 334 g/mol. The van der Waals surface area contributed by atoms with Gasteiger partial charge in [0.15, 0.2) is 0 Å². The Morgan fingerprint density at radius 3 is 2.86 bits per heavy atom. The molecule has 0 radical (unpaired) electrons. The maximum absolute atomic E-state index is 11.8. The zero-order valence-electron chi connectivity index (χ0n) is 12.1. The van der Waals surface area contributed by atoms with Gasteiger partial charge in [0.2, 0.25) is 5.91 Å². The number of amides is 1. The van der Waals surface area contributed by atoms with Crippen molar-refractivity contribution in [2.75, 3.05) is 13.7 Å². The molecule has 21 heavy (non-hydrogen) atoms. The first-order valence-corrected chi connectivity index (χ1v) is 7.84. The minimum atomic E-state index is -0.725. The lowest BCUT2D eigenvalue weighted by Crippen LogP contribution is -2.40. The highest BCUT2D eigenvalue weighted by molar-refractivity contribution is 9.10. The number of hydrogen-bond donors (Lipinski definition) is 2. The van der Waals surface area contributed by atoms with E-state index < -0.39 is 5.60 Å². The molecule has 0 saturated heterocycles. The van der Waals surface area contributed by atoms with E-state index in [1.54, 1.807) is 13.2 Å². The van der Waals surface area contributed by atoms with Gasteiger partial charge in [-0.15, -0.1) is 0 Å². The molecule has 0 bridgehead atoms. The molecule has 1 aromatic rings. The summed E-state index contributed by atoms with van der Waals surface area (Å²) in [5.41, 5.74) is 0.0957. The minimum absolute atomic E-state index is 0.211. The van der Waals surface area contributed by atoms with E-state index in [4.69, 9.17) is 4.74 Å². The van der Waals surface area contributed by atoms with Crippen molar-refractivity contribution in [1.29, 1.82) is 0 Å². The summed E-state index contributed by atoms with van der Waals surface area (Å²) in [6, 6.07) is 5.60. The highest BCUT2D eigenvalue weighted by atomic mass is 79.9. The lowest BCUT2D eigenvalue weighted by molar-refractivity contribution is -0.117. The molecule has 0 spiro atoms. The van der Waals surface area contributed by atoms with E-state index in [2.05, 4.69) is 21.2 Å². The second-order valence-electron chi connectivity index (χ2n) is 5.37. The van der Waals surface area contributed by atoms with Crippen LogP contribution in [0.25, 0.3) is 6.08 Å². The quantitative estimate of drug-likeness (QED) is 0.800. The van der Waals surface area contributed by atoms with Crippen LogP contribution in [0.1, 0.15) is 31.2 Å². The number of carbonyl (C=O) groups excluding carboxylic acids is 1. The largest absolute Gasteiger partial charge is 0.496 e. The molecule has 0 unspecified atom stereocenters.